The van der Waals surface area contributed by atoms with Crippen molar-refractivity contribution in [2.75, 3.05) is 0 Å². The molecule has 1 heterocycles. The molecule has 4 nitrogen and oxygen atoms in total. The monoisotopic (exact) mass is 289 g/mol. The minimum absolute atomic E-state index is 0.130. The van der Waals surface area contributed by atoms with Crippen molar-refractivity contribution in [3.63, 3.8) is 0 Å². The number of carbonyl (C=O) groups is 1. The van der Waals surface area contributed by atoms with Crippen LogP contribution in [-0.2, 0) is 0 Å². The van der Waals surface area contributed by atoms with Crippen molar-refractivity contribution in [1.29, 1.82) is 0 Å². The summed E-state index contributed by atoms with van der Waals surface area (Å²) in [6.07, 6.45) is 0. The highest BCUT2D eigenvalue weighted by atomic mass is 16.1. The molecule has 108 valence electrons. The van der Waals surface area contributed by atoms with Gasteiger partial charge in [0.15, 0.2) is 11.5 Å². The number of ketones is 1. The van der Waals surface area contributed by atoms with Gasteiger partial charge in [-0.15, -0.1) is 0 Å². The van der Waals surface area contributed by atoms with E-state index in [1.165, 1.54) is 6.92 Å². The van der Waals surface area contributed by atoms with Crippen LogP contribution in [0.5, 0.6) is 0 Å². The van der Waals surface area contributed by atoms with Crippen molar-refractivity contribution in [2.45, 2.75) is 6.92 Å². The van der Waals surface area contributed by atoms with Gasteiger partial charge in [0, 0.05) is 12.5 Å². The third-order valence-electron chi connectivity index (χ3n) is 3.40. The van der Waals surface area contributed by atoms with Gasteiger partial charge in [0.2, 0.25) is 0 Å². The number of rotatable bonds is 4. The molecule has 0 aliphatic rings. The number of hydrogen-bond donors (Lipinski definition) is 0. The van der Waals surface area contributed by atoms with E-state index in [-0.39, 0.29) is 5.78 Å². The number of hydrogen-bond acceptors (Lipinski definition) is 3. The molecular formula is C18H15N3O. The summed E-state index contributed by atoms with van der Waals surface area (Å²) in [5, 5.41) is 4.46. The molecule has 1 aromatic heterocycles. The summed E-state index contributed by atoms with van der Waals surface area (Å²) in [6, 6.07) is 19.4. The molecule has 0 atom stereocenters. The van der Waals surface area contributed by atoms with Crippen LogP contribution >= 0.6 is 0 Å². The van der Waals surface area contributed by atoms with Crippen molar-refractivity contribution >= 4 is 18.2 Å². The Morgan fingerprint density at radius 3 is 2.18 bits per heavy atom. The second kappa shape index (κ2) is 5.77. The van der Waals surface area contributed by atoms with Crippen molar-refractivity contribution < 1.29 is 4.79 Å². The molecule has 0 unspecified atom stereocenters. The van der Waals surface area contributed by atoms with Crippen LogP contribution in [0.25, 0.3) is 16.9 Å². The SMILES string of the molecule is C=Nc1c(C(C)=O)nn(-c2ccccc2)c1-c1ccccc1. The first kappa shape index (κ1) is 13.9. The van der Waals surface area contributed by atoms with E-state index in [1.54, 1.807) is 4.68 Å². The van der Waals surface area contributed by atoms with Crippen molar-refractivity contribution in [3.8, 4) is 16.9 Å². The Hall–Kier alpha value is -3.01. The second-order valence-electron chi connectivity index (χ2n) is 4.87. The lowest BCUT2D eigenvalue weighted by molar-refractivity contribution is 0.101. The lowest BCUT2D eigenvalue weighted by Crippen LogP contribution is -2.00. The quantitative estimate of drug-likeness (QED) is 0.537. The molecule has 0 amide bonds. The highest BCUT2D eigenvalue weighted by Crippen LogP contribution is 2.35. The van der Waals surface area contributed by atoms with E-state index in [1.807, 2.05) is 60.7 Å². The smallest absolute Gasteiger partial charge is 0.182 e. The van der Waals surface area contributed by atoms with Crippen LogP contribution < -0.4 is 0 Å². The summed E-state index contributed by atoms with van der Waals surface area (Å²) in [6.45, 7) is 5.10. The summed E-state index contributed by atoms with van der Waals surface area (Å²) in [5.41, 5.74) is 3.43. The molecule has 3 rings (SSSR count). The predicted octanol–water partition coefficient (Wildman–Crippen LogP) is 4.07. The largest absolute Gasteiger partial charge is 0.293 e. The number of para-hydroxylation sites is 1. The van der Waals surface area contributed by atoms with Gasteiger partial charge in [-0.05, 0) is 18.9 Å². The molecule has 0 saturated heterocycles. The van der Waals surface area contributed by atoms with Gasteiger partial charge in [-0.25, -0.2) is 4.68 Å². The summed E-state index contributed by atoms with van der Waals surface area (Å²) < 4.78 is 1.75. The number of nitrogens with zero attached hydrogens (tertiary/aromatic N) is 3. The summed E-state index contributed by atoms with van der Waals surface area (Å²) in [4.78, 5) is 15.9. The van der Waals surface area contributed by atoms with Crippen LogP contribution in [0.3, 0.4) is 0 Å². The zero-order valence-corrected chi connectivity index (χ0v) is 12.2. The van der Waals surface area contributed by atoms with Crippen molar-refractivity contribution in [1.82, 2.24) is 9.78 Å². The van der Waals surface area contributed by atoms with Crippen LogP contribution in [0.2, 0.25) is 0 Å². The molecule has 3 aromatic rings. The van der Waals surface area contributed by atoms with E-state index in [0.717, 1.165) is 16.9 Å². The Balaban J connectivity index is 2.34. The molecule has 0 aliphatic carbocycles. The first-order valence-corrected chi connectivity index (χ1v) is 6.94. The number of Topliss-reactive ketones (excluding diaryl/α,β-unsaturated/α-hetero) is 1. The van der Waals surface area contributed by atoms with Gasteiger partial charge >= 0.3 is 0 Å². The Kier molecular flexibility index (Phi) is 3.66. The summed E-state index contributed by atoms with van der Waals surface area (Å²) in [7, 11) is 0. The molecule has 0 fully saturated rings. The molecular weight excluding hydrogens is 274 g/mol. The summed E-state index contributed by atoms with van der Waals surface area (Å²) in [5.74, 6) is -0.130. The first-order valence-electron chi connectivity index (χ1n) is 6.94. The molecule has 0 saturated carbocycles. The molecule has 0 N–H and O–H groups in total. The Morgan fingerprint density at radius 2 is 1.64 bits per heavy atom. The average molecular weight is 289 g/mol. The maximum Gasteiger partial charge on any atom is 0.182 e. The number of benzene rings is 2. The van der Waals surface area contributed by atoms with E-state index in [9.17, 15) is 4.79 Å². The van der Waals surface area contributed by atoms with E-state index in [4.69, 9.17) is 0 Å². The van der Waals surface area contributed by atoms with Gasteiger partial charge < -0.3 is 0 Å². The highest BCUT2D eigenvalue weighted by Gasteiger charge is 2.21. The fourth-order valence-corrected chi connectivity index (χ4v) is 2.41. The van der Waals surface area contributed by atoms with Gasteiger partial charge in [0.25, 0.3) is 0 Å². The van der Waals surface area contributed by atoms with E-state index >= 15 is 0 Å². The van der Waals surface area contributed by atoms with Crippen LogP contribution in [0, 0.1) is 0 Å². The molecule has 0 aliphatic heterocycles. The summed E-state index contributed by atoms with van der Waals surface area (Å²) >= 11 is 0. The fraction of sp³-hybridized carbons (Fsp3) is 0.0556. The molecule has 0 radical (unpaired) electrons. The number of aromatic nitrogens is 2. The third kappa shape index (κ3) is 2.35. The van der Waals surface area contributed by atoms with E-state index in [2.05, 4.69) is 16.8 Å². The lowest BCUT2D eigenvalue weighted by Gasteiger charge is -2.08. The van der Waals surface area contributed by atoms with Crippen LogP contribution in [0.4, 0.5) is 5.69 Å². The van der Waals surface area contributed by atoms with Gasteiger partial charge in [-0.3, -0.25) is 9.79 Å². The maximum absolute atomic E-state index is 11.9. The molecule has 2 aromatic carbocycles. The average Bonchev–Trinajstić information content (AvgIpc) is 2.96. The number of carbonyl (C=O) groups excluding carboxylic acids is 1. The number of aliphatic imine (C=N–C) groups is 1. The lowest BCUT2D eigenvalue weighted by atomic mass is 10.1. The zero-order chi connectivity index (χ0) is 15.5. The standard InChI is InChI=1S/C18H15N3O/c1-13(22)16-17(19-2)18(14-9-5-3-6-10-14)21(20-16)15-11-7-4-8-12-15/h3-12H,2H2,1H3. The minimum atomic E-state index is -0.130. The molecule has 0 spiro atoms. The van der Waals surface area contributed by atoms with Crippen LogP contribution in [-0.4, -0.2) is 22.3 Å². The topological polar surface area (TPSA) is 47.2 Å². The molecule has 0 bridgehead atoms. The van der Waals surface area contributed by atoms with E-state index < -0.39 is 0 Å². The third-order valence-corrected chi connectivity index (χ3v) is 3.40. The minimum Gasteiger partial charge on any atom is -0.293 e. The Morgan fingerprint density at radius 1 is 1.05 bits per heavy atom. The first-order chi connectivity index (χ1) is 10.7. The van der Waals surface area contributed by atoms with Crippen LogP contribution in [0.15, 0.2) is 65.7 Å². The second-order valence-corrected chi connectivity index (χ2v) is 4.87. The van der Waals surface area contributed by atoms with Crippen molar-refractivity contribution in [3.05, 3.63) is 66.4 Å². The van der Waals surface area contributed by atoms with Gasteiger partial charge in [0.1, 0.15) is 11.4 Å². The van der Waals surface area contributed by atoms with Gasteiger partial charge in [0.05, 0.1) is 5.69 Å². The Bertz CT molecular complexity index is 820. The normalized spacial score (nSPS) is 10.4. The highest BCUT2D eigenvalue weighted by molar-refractivity contribution is 6.00. The zero-order valence-electron chi connectivity index (χ0n) is 12.2. The molecule has 4 heteroatoms. The van der Waals surface area contributed by atoms with Crippen molar-refractivity contribution in [2.24, 2.45) is 4.99 Å². The molecule has 22 heavy (non-hydrogen) atoms. The Labute approximate surface area is 128 Å². The van der Waals surface area contributed by atoms with Gasteiger partial charge in [-0.2, -0.15) is 5.10 Å². The predicted molar refractivity (Wildman–Crippen MR) is 88.2 cm³/mol. The van der Waals surface area contributed by atoms with Crippen LogP contribution in [0.1, 0.15) is 17.4 Å². The van der Waals surface area contributed by atoms with Gasteiger partial charge in [-0.1, -0.05) is 48.5 Å². The maximum atomic E-state index is 11.9. The fourth-order valence-electron chi connectivity index (χ4n) is 2.41. The van der Waals surface area contributed by atoms with E-state index in [0.29, 0.717) is 11.4 Å².